The maximum Gasteiger partial charge on any atom is 0.221 e. The SMILES string of the molecule is CC(=O)Nc1cccc(Nc2cnn(Cc3ccccc3)c2)c1. The highest BCUT2D eigenvalue weighted by molar-refractivity contribution is 5.89. The van der Waals surface area contributed by atoms with Crippen molar-refractivity contribution in [3.8, 4) is 0 Å². The van der Waals surface area contributed by atoms with Gasteiger partial charge in [-0.3, -0.25) is 9.48 Å². The zero-order chi connectivity index (χ0) is 16.1. The molecule has 0 fully saturated rings. The Morgan fingerprint density at radius 3 is 2.61 bits per heavy atom. The lowest BCUT2D eigenvalue weighted by molar-refractivity contribution is -0.114. The number of nitrogens with one attached hydrogen (secondary N) is 2. The van der Waals surface area contributed by atoms with Crippen LogP contribution in [0.25, 0.3) is 0 Å². The third-order valence-electron chi connectivity index (χ3n) is 3.29. The van der Waals surface area contributed by atoms with Crippen LogP contribution in [0.5, 0.6) is 0 Å². The van der Waals surface area contributed by atoms with Gasteiger partial charge in [-0.25, -0.2) is 0 Å². The minimum absolute atomic E-state index is 0.0853. The fourth-order valence-electron chi connectivity index (χ4n) is 2.33. The van der Waals surface area contributed by atoms with Crippen molar-refractivity contribution in [2.24, 2.45) is 0 Å². The van der Waals surface area contributed by atoms with E-state index in [-0.39, 0.29) is 5.91 Å². The first kappa shape index (κ1) is 14.8. The van der Waals surface area contributed by atoms with Crippen LogP contribution in [0.15, 0.2) is 67.0 Å². The van der Waals surface area contributed by atoms with Gasteiger partial charge in [-0.05, 0) is 23.8 Å². The number of carbonyl (C=O) groups is 1. The van der Waals surface area contributed by atoms with Gasteiger partial charge in [0, 0.05) is 24.5 Å². The molecular formula is C18H18N4O. The van der Waals surface area contributed by atoms with Crippen molar-refractivity contribution >= 4 is 23.0 Å². The minimum atomic E-state index is -0.0853. The van der Waals surface area contributed by atoms with Gasteiger partial charge in [-0.1, -0.05) is 36.4 Å². The summed E-state index contributed by atoms with van der Waals surface area (Å²) < 4.78 is 1.88. The number of rotatable bonds is 5. The molecule has 0 atom stereocenters. The predicted octanol–water partition coefficient (Wildman–Crippen LogP) is 3.63. The average Bonchev–Trinajstić information content (AvgIpc) is 2.95. The van der Waals surface area contributed by atoms with Crippen LogP contribution in [-0.2, 0) is 11.3 Å². The monoisotopic (exact) mass is 306 g/mol. The van der Waals surface area contributed by atoms with E-state index in [0.717, 1.165) is 23.6 Å². The third kappa shape index (κ3) is 4.20. The van der Waals surface area contributed by atoms with E-state index in [0.29, 0.717) is 0 Å². The van der Waals surface area contributed by atoms with Crippen LogP contribution >= 0.6 is 0 Å². The summed E-state index contributed by atoms with van der Waals surface area (Å²) >= 11 is 0. The molecule has 0 aliphatic carbocycles. The lowest BCUT2D eigenvalue weighted by Gasteiger charge is -2.07. The summed E-state index contributed by atoms with van der Waals surface area (Å²) in [5.74, 6) is -0.0853. The number of hydrogen-bond donors (Lipinski definition) is 2. The van der Waals surface area contributed by atoms with Crippen LogP contribution in [0.4, 0.5) is 17.1 Å². The standard InChI is InChI=1S/C18H18N4O/c1-14(23)20-16-8-5-9-17(10-16)21-18-11-19-22(13-18)12-15-6-3-2-4-7-15/h2-11,13,21H,12H2,1H3,(H,20,23). The number of amides is 1. The molecule has 5 heteroatoms. The topological polar surface area (TPSA) is 59.0 Å². The Morgan fingerprint density at radius 2 is 1.83 bits per heavy atom. The van der Waals surface area contributed by atoms with E-state index >= 15 is 0 Å². The van der Waals surface area contributed by atoms with Crippen molar-refractivity contribution < 1.29 is 4.79 Å². The molecule has 1 heterocycles. The summed E-state index contributed by atoms with van der Waals surface area (Å²) in [6, 6.07) is 17.8. The second kappa shape index (κ2) is 6.79. The largest absolute Gasteiger partial charge is 0.353 e. The lowest BCUT2D eigenvalue weighted by Crippen LogP contribution is -2.05. The van der Waals surface area contributed by atoms with Crippen LogP contribution in [0, 0.1) is 0 Å². The molecule has 0 spiro atoms. The molecule has 5 nitrogen and oxygen atoms in total. The lowest BCUT2D eigenvalue weighted by atomic mass is 10.2. The van der Waals surface area contributed by atoms with E-state index in [1.54, 1.807) is 6.20 Å². The molecule has 0 unspecified atom stereocenters. The summed E-state index contributed by atoms with van der Waals surface area (Å²) in [7, 11) is 0. The molecule has 0 bridgehead atoms. The van der Waals surface area contributed by atoms with Crippen molar-refractivity contribution in [2.75, 3.05) is 10.6 Å². The Morgan fingerprint density at radius 1 is 1.04 bits per heavy atom. The molecule has 116 valence electrons. The van der Waals surface area contributed by atoms with Crippen LogP contribution < -0.4 is 10.6 Å². The first-order valence-corrected chi connectivity index (χ1v) is 7.40. The molecule has 0 aliphatic rings. The zero-order valence-electron chi connectivity index (χ0n) is 12.9. The van der Waals surface area contributed by atoms with E-state index in [1.807, 2.05) is 53.3 Å². The average molecular weight is 306 g/mol. The van der Waals surface area contributed by atoms with Crippen molar-refractivity contribution in [2.45, 2.75) is 13.5 Å². The Kier molecular flexibility index (Phi) is 4.38. The van der Waals surface area contributed by atoms with Gasteiger partial charge in [0.2, 0.25) is 5.91 Å². The van der Waals surface area contributed by atoms with E-state index in [2.05, 4.69) is 27.9 Å². The Hall–Kier alpha value is -3.08. The van der Waals surface area contributed by atoms with Gasteiger partial charge in [0.25, 0.3) is 0 Å². The highest BCUT2D eigenvalue weighted by Gasteiger charge is 2.02. The van der Waals surface area contributed by atoms with Gasteiger partial charge < -0.3 is 10.6 Å². The molecule has 0 radical (unpaired) electrons. The zero-order valence-corrected chi connectivity index (χ0v) is 12.9. The van der Waals surface area contributed by atoms with Crippen LogP contribution in [-0.4, -0.2) is 15.7 Å². The number of anilines is 3. The second-order valence-corrected chi connectivity index (χ2v) is 5.30. The summed E-state index contributed by atoms with van der Waals surface area (Å²) in [5.41, 5.74) is 3.77. The van der Waals surface area contributed by atoms with Crippen LogP contribution in [0.2, 0.25) is 0 Å². The number of hydrogen-bond acceptors (Lipinski definition) is 3. The maximum absolute atomic E-state index is 11.1. The summed E-state index contributed by atoms with van der Waals surface area (Å²) in [6.07, 6.45) is 3.74. The van der Waals surface area contributed by atoms with Gasteiger partial charge in [-0.15, -0.1) is 0 Å². The quantitative estimate of drug-likeness (QED) is 0.756. The fourth-order valence-corrected chi connectivity index (χ4v) is 2.33. The molecule has 1 amide bonds. The molecule has 0 aliphatic heterocycles. The molecule has 0 saturated carbocycles. The van der Waals surface area contributed by atoms with Gasteiger partial charge in [0.15, 0.2) is 0 Å². The van der Waals surface area contributed by atoms with Crippen LogP contribution in [0.1, 0.15) is 12.5 Å². The number of carbonyl (C=O) groups excluding carboxylic acids is 1. The molecule has 3 rings (SSSR count). The normalized spacial score (nSPS) is 10.3. The first-order valence-electron chi connectivity index (χ1n) is 7.40. The number of nitrogens with zero attached hydrogens (tertiary/aromatic N) is 2. The molecule has 2 aromatic carbocycles. The van der Waals surface area contributed by atoms with E-state index in [1.165, 1.54) is 12.5 Å². The smallest absolute Gasteiger partial charge is 0.221 e. The van der Waals surface area contributed by atoms with Gasteiger partial charge in [-0.2, -0.15) is 5.10 Å². The van der Waals surface area contributed by atoms with Gasteiger partial charge in [0.1, 0.15) is 0 Å². The Labute approximate surface area is 135 Å². The first-order chi connectivity index (χ1) is 11.2. The van der Waals surface area contributed by atoms with E-state index < -0.39 is 0 Å². The molecule has 3 aromatic rings. The van der Waals surface area contributed by atoms with Gasteiger partial charge in [0.05, 0.1) is 18.4 Å². The summed E-state index contributed by atoms with van der Waals surface area (Å²) in [5, 5.41) is 10.4. The minimum Gasteiger partial charge on any atom is -0.353 e. The number of aromatic nitrogens is 2. The molecule has 2 N–H and O–H groups in total. The Bertz CT molecular complexity index is 796. The highest BCUT2D eigenvalue weighted by atomic mass is 16.1. The molecular weight excluding hydrogens is 288 g/mol. The van der Waals surface area contributed by atoms with Crippen molar-refractivity contribution in [3.05, 3.63) is 72.6 Å². The number of benzene rings is 2. The molecule has 23 heavy (non-hydrogen) atoms. The van der Waals surface area contributed by atoms with Crippen molar-refractivity contribution in [1.29, 1.82) is 0 Å². The van der Waals surface area contributed by atoms with Gasteiger partial charge >= 0.3 is 0 Å². The van der Waals surface area contributed by atoms with Crippen molar-refractivity contribution in [1.82, 2.24) is 9.78 Å². The second-order valence-electron chi connectivity index (χ2n) is 5.30. The van der Waals surface area contributed by atoms with E-state index in [4.69, 9.17) is 0 Å². The third-order valence-corrected chi connectivity index (χ3v) is 3.29. The Balaban J connectivity index is 1.68. The fraction of sp³-hybridized carbons (Fsp3) is 0.111. The maximum atomic E-state index is 11.1. The molecule has 1 aromatic heterocycles. The van der Waals surface area contributed by atoms with E-state index in [9.17, 15) is 4.79 Å². The van der Waals surface area contributed by atoms with Crippen molar-refractivity contribution in [3.63, 3.8) is 0 Å². The van der Waals surface area contributed by atoms with Crippen LogP contribution in [0.3, 0.4) is 0 Å². The highest BCUT2D eigenvalue weighted by Crippen LogP contribution is 2.20. The molecule has 0 saturated heterocycles. The summed E-state index contributed by atoms with van der Waals surface area (Å²) in [6.45, 7) is 2.22. The predicted molar refractivity (Wildman–Crippen MR) is 91.8 cm³/mol. The summed E-state index contributed by atoms with van der Waals surface area (Å²) in [4.78, 5) is 11.1.